The normalized spacial score (nSPS) is 46.4. The third-order valence-corrected chi connectivity index (χ3v) is 3.44. The van der Waals surface area contributed by atoms with Crippen LogP contribution in [0, 0.1) is 11.8 Å². The molecule has 0 bridgehead atoms. The van der Waals surface area contributed by atoms with Crippen LogP contribution in [-0.2, 0) is 9.47 Å². The van der Waals surface area contributed by atoms with Gasteiger partial charge in [-0.05, 0) is 5.92 Å². The molecule has 0 aromatic rings. The number of aliphatic hydroxyl groups is 1. The first-order valence-corrected chi connectivity index (χ1v) is 5.15. The zero-order valence-electron chi connectivity index (χ0n) is 8.27. The molecule has 0 spiro atoms. The van der Waals surface area contributed by atoms with Crippen molar-refractivity contribution in [1.82, 2.24) is 0 Å². The molecular weight excluding hydrogens is 168 g/mol. The van der Waals surface area contributed by atoms with Crippen molar-refractivity contribution in [1.29, 1.82) is 0 Å². The molecule has 2 rings (SSSR count). The Morgan fingerprint density at radius 2 is 2.00 bits per heavy atom. The maximum Gasteiger partial charge on any atom is 0.112 e. The van der Waals surface area contributed by atoms with Gasteiger partial charge in [0.1, 0.15) is 12.2 Å². The molecule has 13 heavy (non-hydrogen) atoms. The average molecular weight is 186 g/mol. The fraction of sp³-hybridized carbons (Fsp3) is 1.00. The second-order valence-electron chi connectivity index (χ2n) is 4.21. The minimum atomic E-state index is -0.404. The first-order chi connectivity index (χ1) is 6.24. The van der Waals surface area contributed by atoms with Gasteiger partial charge in [-0.25, -0.2) is 0 Å². The summed E-state index contributed by atoms with van der Waals surface area (Å²) in [7, 11) is 0. The Balaban J connectivity index is 2.02. The third kappa shape index (κ3) is 1.49. The van der Waals surface area contributed by atoms with Gasteiger partial charge >= 0.3 is 0 Å². The van der Waals surface area contributed by atoms with Gasteiger partial charge in [0.25, 0.3) is 0 Å². The van der Waals surface area contributed by atoms with Crippen LogP contribution in [-0.4, -0.2) is 36.6 Å². The van der Waals surface area contributed by atoms with Gasteiger partial charge in [-0.15, -0.1) is 0 Å². The maximum absolute atomic E-state index is 9.52. The lowest BCUT2D eigenvalue weighted by molar-refractivity contribution is 0.0149. The first kappa shape index (κ1) is 9.44. The number of hydrogen-bond acceptors (Lipinski definition) is 3. The van der Waals surface area contributed by atoms with Crippen LogP contribution in [0.25, 0.3) is 0 Å². The number of hydrogen-bond donors (Lipinski definition) is 1. The van der Waals surface area contributed by atoms with Crippen LogP contribution in [0.1, 0.15) is 20.3 Å². The summed E-state index contributed by atoms with van der Waals surface area (Å²) in [5.74, 6) is 1.10. The van der Waals surface area contributed by atoms with Crippen LogP contribution in [0.3, 0.4) is 0 Å². The van der Waals surface area contributed by atoms with Crippen LogP contribution >= 0.6 is 0 Å². The molecule has 3 heteroatoms. The SMILES string of the molecule is CCC(C)C1COC2C(O)COC12. The van der Waals surface area contributed by atoms with E-state index in [4.69, 9.17) is 9.47 Å². The molecule has 1 N–H and O–H groups in total. The lowest BCUT2D eigenvalue weighted by Crippen LogP contribution is -2.31. The van der Waals surface area contributed by atoms with Gasteiger partial charge in [-0.3, -0.25) is 0 Å². The monoisotopic (exact) mass is 186 g/mol. The molecule has 0 aliphatic carbocycles. The van der Waals surface area contributed by atoms with E-state index in [0.29, 0.717) is 18.4 Å². The molecule has 76 valence electrons. The Hall–Kier alpha value is -0.120. The summed E-state index contributed by atoms with van der Waals surface area (Å²) >= 11 is 0. The van der Waals surface area contributed by atoms with Crippen molar-refractivity contribution in [3.63, 3.8) is 0 Å². The minimum absolute atomic E-state index is 0.0565. The van der Waals surface area contributed by atoms with Crippen LogP contribution in [0.5, 0.6) is 0 Å². The second-order valence-corrected chi connectivity index (χ2v) is 4.21. The Morgan fingerprint density at radius 1 is 1.31 bits per heavy atom. The maximum atomic E-state index is 9.52. The highest BCUT2D eigenvalue weighted by atomic mass is 16.6. The van der Waals surface area contributed by atoms with Crippen molar-refractivity contribution in [2.75, 3.05) is 13.2 Å². The Morgan fingerprint density at radius 3 is 2.69 bits per heavy atom. The quantitative estimate of drug-likeness (QED) is 0.693. The summed E-state index contributed by atoms with van der Waals surface area (Å²) in [4.78, 5) is 0. The Kier molecular flexibility index (Phi) is 2.58. The van der Waals surface area contributed by atoms with Crippen molar-refractivity contribution in [2.24, 2.45) is 11.8 Å². The predicted molar refractivity (Wildman–Crippen MR) is 48.4 cm³/mol. The average Bonchev–Trinajstić information content (AvgIpc) is 2.68. The molecule has 5 unspecified atom stereocenters. The van der Waals surface area contributed by atoms with E-state index < -0.39 is 6.10 Å². The van der Waals surface area contributed by atoms with Gasteiger partial charge < -0.3 is 14.6 Å². The zero-order chi connectivity index (χ0) is 9.42. The van der Waals surface area contributed by atoms with Gasteiger partial charge in [0.15, 0.2) is 0 Å². The minimum Gasteiger partial charge on any atom is -0.388 e. The standard InChI is InChI=1S/C10H18O3/c1-3-6(2)7-4-12-10-8(11)5-13-9(7)10/h6-11H,3-5H2,1-2H3. The molecule has 2 fully saturated rings. The molecule has 0 radical (unpaired) electrons. The van der Waals surface area contributed by atoms with Gasteiger partial charge in [-0.2, -0.15) is 0 Å². The Bertz CT molecular complexity index is 183. The molecule has 0 aromatic heterocycles. The predicted octanol–water partition coefficient (Wildman–Crippen LogP) is 0.807. The second kappa shape index (κ2) is 3.56. The van der Waals surface area contributed by atoms with Gasteiger partial charge in [0, 0.05) is 5.92 Å². The fourth-order valence-electron chi connectivity index (χ4n) is 2.30. The lowest BCUT2D eigenvalue weighted by Gasteiger charge is -2.21. The van der Waals surface area contributed by atoms with E-state index in [-0.39, 0.29) is 12.2 Å². The van der Waals surface area contributed by atoms with Crippen LogP contribution in [0.4, 0.5) is 0 Å². The van der Waals surface area contributed by atoms with Crippen molar-refractivity contribution in [3.05, 3.63) is 0 Å². The molecular formula is C10H18O3. The largest absolute Gasteiger partial charge is 0.388 e. The number of ether oxygens (including phenoxy) is 2. The highest BCUT2D eigenvalue weighted by Gasteiger charge is 2.48. The molecule has 2 aliphatic rings. The van der Waals surface area contributed by atoms with Gasteiger partial charge in [0.2, 0.25) is 0 Å². The molecule has 5 atom stereocenters. The summed E-state index contributed by atoms with van der Waals surface area (Å²) in [5, 5.41) is 9.52. The molecule has 2 saturated heterocycles. The molecule has 0 amide bonds. The van der Waals surface area contributed by atoms with Crippen molar-refractivity contribution in [2.45, 2.75) is 38.6 Å². The highest BCUT2D eigenvalue weighted by molar-refractivity contribution is 4.95. The molecule has 0 aromatic carbocycles. The van der Waals surface area contributed by atoms with Crippen LogP contribution in [0.15, 0.2) is 0 Å². The summed E-state index contributed by atoms with van der Waals surface area (Å²) in [6, 6.07) is 0. The zero-order valence-corrected chi connectivity index (χ0v) is 8.27. The highest BCUT2D eigenvalue weighted by Crippen LogP contribution is 2.36. The smallest absolute Gasteiger partial charge is 0.112 e. The summed E-state index contributed by atoms with van der Waals surface area (Å²) in [6.07, 6.45) is 0.833. The summed E-state index contributed by atoms with van der Waals surface area (Å²) in [5.41, 5.74) is 0. The van der Waals surface area contributed by atoms with Crippen molar-refractivity contribution >= 4 is 0 Å². The number of aliphatic hydroxyl groups excluding tert-OH is 1. The van der Waals surface area contributed by atoms with Crippen molar-refractivity contribution in [3.8, 4) is 0 Å². The van der Waals surface area contributed by atoms with Crippen LogP contribution < -0.4 is 0 Å². The topological polar surface area (TPSA) is 38.7 Å². The molecule has 3 nitrogen and oxygen atoms in total. The fourth-order valence-corrected chi connectivity index (χ4v) is 2.30. The molecule has 2 aliphatic heterocycles. The van der Waals surface area contributed by atoms with Crippen molar-refractivity contribution < 1.29 is 14.6 Å². The van der Waals surface area contributed by atoms with Crippen LogP contribution in [0.2, 0.25) is 0 Å². The number of fused-ring (bicyclic) bond motifs is 1. The van der Waals surface area contributed by atoms with E-state index in [9.17, 15) is 5.11 Å². The molecule has 2 heterocycles. The molecule has 0 saturated carbocycles. The van der Waals surface area contributed by atoms with E-state index in [2.05, 4.69) is 13.8 Å². The van der Waals surface area contributed by atoms with E-state index in [1.807, 2.05) is 0 Å². The first-order valence-electron chi connectivity index (χ1n) is 5.15. The Labute approximate surface area is 79.0 Å². The van der Waals surface area contributed by atoms with E-state index in [1.54, 1.807) is 0 Å². The third-order valence-electron chi connectivity index (χ3n) is 3.44. The summed E-state index contributed by atoms with van der Waals surface area (Å²) < 4.78 is 11.1. The van der Waals surface area contributed by atoms with E-state index in [1.165, 1.54) is 0 Å². The van der Waals surface area contributed by atoms with Gasteiger partial charge in [-0.1, -0.05) is 20.3 Å². The van der Waals surface area contributed by atoms with E-state index >= 15 is 0 Å². The summed E-state index contributed by atoms with van der Waals surface area (Å²) in [6.45, 7) is 5.61. The lowest BCUT2D eigenvalue weighted by atomic mass is 9.87. The van der Waals surface area contributed by atoms with Gasteiger partial charge in [0.05, 0.1) is 19.3 Å². The number of rotatable bonds is 2. The van der Waals surface area contributed by atoms with E-state index in [0.717, 1.165) is 13.0 Å².